The lowest BCUT2D eigenvalue weighted by Crippen LogP contribution is -2.02. The van der Waals surface area contributed by atoms with Crippen LogP contribution in [-0.2, 0) is 6.54 Å². The van der Waals surface area contributed by atoms with Crippen molar-refractivity contribution in [2.24, 2.45) is 0 Å². The minimum Gasteiger partial charge on any atom is -0.497 e. The number of benzene rings is 2. The van der Waals surface area contributed by atoms with E-state index in [9.17, 15) is 0 Å². The summed E-state index contributed by atoms with van der Waals surface area (Å²) in [6.45, 7) is 0.661. The molecule has 2 aromatic carbocycles. The topological polar surface area (TPSA) is 60.2 Å². The monoisotopic (exact) mass is 369 g/mol. The van der Waals surface area contributed by atoms with Gasteiger partial charge in [-0.3, -0.25) is 0 Å². The van der Waals surface area contributed by atoms with Gasteiger partial charge in [-0.25, -0.2) is 4.98 Å². The van der Waals surface area contributed by atoms with Crippen LogP contribution >= 0.6 is 22.9 Å². The molecule has 0 saturated heterocycles. The van der Waals surface area contributed by atoms with Gasteiger partial charge in [-0.05, 0) is 35.9 Å². The predicted octanol–water partition coefficient (Wildman–Crippen LogP) is 5.31. The Morgan fingerprint density at radius 2 is 2.00 bits per heavy atom. The third-order valence-corrected chi connectivity index (χ3v) is 5.56. The number of nitrogens with two attached hydrogens (primary N) is 1. The summed E-state index contributed by atoms with van der Waals surface area (Å²) in [5, 5.41) is 6.22. The van der Waals surface area contributed by atoms with Crippen LogP contribution in [0.2, 0.25) is 5.02 Å². The Hall–Kier alpha value is -2.50. The number of halogens is 1. The van der Waals surface area contributed by atoms with Crippen LogP contribution in [-0.4, -0.2) is 12.1 Å². The molecule has 0 amide bonds. The van der Waals surface area contributed by atoms with Crippen molar-refractivity contribution in [1.82, 2.24) is 4.98 Å². The molecule has 0 fully saturated rings. The van der Waals surface area contributed by atoms with E-state index in [4.69, 9.17) is 22.1 Å². The highest BCUT2D eigenvalue weighted by atomic mass is 35.5. The van der Waals surface area contributed by atoms with E-state index in [0.717, 1.165) is 37.3 Å². The zero-order valence-electron chi connectivity index (χ0n) is 13.5. The number of hydrogen-bond donors (Lipinski definition) is 2. The van der Waals surface area contributed by atoms with Gasteiger partial charge in [0.1, 0.15) is 11.6 Å². The third-order valence-electron chi connectivity index (χ3n) is 4.10. The summed E-state index contributed by atoms with van der Waals surface area (Å²) in [7, 11) is 1.66. The molecular formula is C19H16ClN3OS. The average molecular weight is 370 g/mol. The van der Waals surface area contributed by atoms with Crippen molar-refractivity contribution in [1.29, 1.82) is 0 Å². The number of ether oxygens (including phenoxy) is 1. The van der Waals surface area contributed by atoms with Crippen LogP contribution in [0.5, 0.6) is 5.75 Å². The molecule has 0 aliphatic heterocycles. The molecule has 0 bridgehead atoms. The maximum atomic E-state index is 6.19. The first-order valence-corrected chi connectivity index (χ1v) is 8.98. The highest BCUT2D eigenvalue weighted by molar-refractivity contribution is 7.26. The van der Waals surface area contributed by atoms with Crippen molar-refractivity contribution < 1.29 is 4.74 Å². The summed E-state index contributed by atoms with van der Waals surface area (Å²) in [6.07, 6.45) is 1.70. The highest BCUT2D eigenvalue weighted by Gasteiger charge is 2.13. The Labute approximate surface area is 154 Å². The summed E-state index contributed by atoms with van der Waals surface area (Å²) >= 11 is 7.85. The molecule has 0 atom stereocenters. The molecular weight excluding hydrogens is 354 g/mol. The lowest BCUT2D eigenvalue weighted by Gasteiger charge is -2.09. The summed E-state index contributed by atoms with van der Waals surface area (Å²) in [6, 6.07) is 13.8. The van der Waals surface area contributed by atoms with Gasteiger partial charge in [-0.15, -0.1) is 11.3 Å². The summed E-state index contributed by atoms with van der Waals surface area (Å²) in [5.74, 6) is 1.66. The number of nitrogen functional groups attached to an aromatic ring is 1. The highest BCUT2D eigenvalue weighted by Crippen LogP contribution is 2.41. The molecule has 0 aliphatic rings. The minimum absolute atomic E-state index is 0.661. The quantitative estimate of drug-likeness (QED) is 0.512. The molecule has 3 N–H and O–H groups in total. The number of hydrogen-bond acceptors (Lipinski definition) is 5. The molecule has 25 heavy (non-hydrogen) atoms. The minimum atomic E-state index is 0.661. The third kappa shape index (κ3) is 2.97. The Balaban J connectivity index is 1.74. The van der Waals surface area contributed by atoms with Crippen LogP contribution in [0.15, 0.2) is 48.7 Å². The van der Waals surface area contributed by atoms with Crippen molar-refractivity contribution in [3.63, 3.8) is 0 Å². The van der Waals surface area contributed by atoms with Gasteiger partial charge in [0.05, 0.1) is 23.7 Å². The van der Waals surface area contributed by atoms with Gasteiger partial charge in [-0.2, -0.15) is 0 Å². The molecule has 0 saturated carbocycles. The van der Waals surface area contributed by atoms with Crippen molar-refractivity contribution in [3.05, 3.63) is 59.2 Å². The number of anilines is 2. The van der Waals surface area contributed by atoms with Gasteiger partial charge in [0.25, 0.3) is 0 Å². The van der Waals surface area contributed by atoms with E-state index in [0.29, 0.717) is 17.3 Å². The predicted molar refractivity (Wildman–Crippen MR) is 107 cm³/mol. The second kappa shape index (κ2) is 6.43. The maximum absolute atomic E-state index is 6.19. The molecule has 6 heteroatoms. The molecule has 0 radical (unpaired) electrons. The van der Waals surface area contributed by atoms with E-state index in [1.807, 2.05) is 42.5 Å². The van der Waals surface area contributed by atoms with E-state index in [-0.39, 0.29) is 0 Å². The molecule has 0 unspecified atom stereocenters. The van der Waals surface area contributed by atoms with Crippen LogP contribution in [0.1, 0.15) is 5.56 Å². The lowest BCUT2D eigenvalue weighted by atomic mass is 10.1. The van der Waals surface area contributed by atoms with Gasteiger partial charge >= 0.3 is 0 Å². The molecule has 0 spiro atoms. The SMILES string of the molecule is COc1ccc(CNc2ncc(N)c3sc4ccc(Cl)cc4c23)cc1. The van der Waals surface area contributed by atoms with Crippen LogP contribution in [0.4, 0.5) is 11.5 Å². The molecule has 0 aliphatic carbocycles. The van der Waals surface area contributed by atoms with E-state index in [1.165, 1.54) is 0 Å². The lowest BCUT2D eigenvalue weighted by molar-refractivity contribution is 0.414. The second-order valence-electron chi connectivity index (χ2n) is 5.71. The molecule has 4 rings (SSSR count). The zero-order chi connectivity index (χ0) is 17.4. The van der Waals surface area contributed by atoms with Crippen molar-refractivity contribution in [2.45, 2.75) is 6.54 Å². The molecule has 126 valence electrons. The Morgan fingerprint density at radius 1 is 1.20 bits per heavy atom. The van der Waals surface area contributed by atoms with E-state index in [2.05, 4.69) is 10.3 Å². The zero-order valence-corrected chi connectivity index (χ0v) is 15.1. The van der Waals surface area contributed by atoms with Gasteiger partial charge in [-0.1, -0.05) is 23.7 Å². The van der Waals surface area contributed by atoms with Crippen molar-refractivity contribution >= 4 is 54.6 Å². The second-order valence-corrected chi connectivity index (χ2v) is 7.20. The van der Waals surface area contributed by atoms with Crippen LogP contribution in [0.3, 0.4) is 0 Å². The van der Waals surface area contributed by atoms with Crippen molar-refractivity contribution in [2.75, 3.05) is 18.2 Å². The number of thiophene rings is 1. The largest absolute Gasteiger partial charge is 0.497 e. The number of fused-ring (bicyclic) bond motifs is 3. The fourth-order valence-electron chi connectivity index (χ4n) is 2.83. The number of methoxy groups -OCH3 is 1. The normalized spacial score (nSPS) is 11.1. The van der Waals surface area contributed by atoms with Crippen LogP contribution in [0, 0.1) is 0 Å². The number of pyridine rings is 1. The van der Waals surface area contributed by atoms with Crippen molar-refractivity contribution in [3.8, 4) is 5.75 Å². The number of rotatable bonds is 4. The fourth-order valence-corrected chi connectivity index (χ4v) is 4.11. The van der Waals surface area contributed by atoms with Gasteiger partial charge in [0, 0.05) is 27.0 Å². The standard InChI is InChI=1S/C19H16ClN3OS/c1-24-13-5-2-11(3-6-13)9-22-19-17-14-8-12(20)4-7-16(14)25-18(17)15(21)10-23-19/h2-8,10H,9,21H2,1H3,(H,22,23). The number of nitrogens with one attached hydrogen (secondary N) is 1. The number of aromatic nitrogens is 1. The van der Waals surface area contributed by atoms with E-state index < -0.39 is 0 Å². The smallest absolute Gasteiger partial charge is 0.135 e. The first-order chi connectivity index (χ1) is 12.2. The molecule has 2 aromatic heterocycles. The number of nitrogens with zero attached hydrogens (tertiary/aromatic N) is 1. The van der Waals surface area contributed by atoms with Crippen LogP contribution in [0.25, 0.3) is 20.2 Å². The van der Waals surface area contributed by atoms with Gasteiger partial charge < -0.3 is 15.8 Å². The van der Waals surface area contributed by atoms with Gasteiger partial charge in [0.2, 0.25) is 0 Å². The summed E-state index contributed by atoms with van der Waals surface area (Å²) in [5.41, 5.74) is 7.97. The Kier molecular flexibility index (Phi) is 4.11. The maximum Gasteiger partial charge on any atom is 0.135 e. The summed E-state index contributed by atoms with van der Waals surface area (Å²) < 4.78 is 7.37. The molecule has 2 heterocycles. The Morgan fingerprint density at radius 3 is 2.76 bits per heavy atom. The summed E-state index contributed by atoms with van der Waals surface area (Å²) in [4.78, 5) is 4.51. The first kappa shape index (κ1) is 16.0. The molecule has 4 aromatic rings. The van der Waals surface area contributed by atoms with Gasteiger partial charge in [0.15, 0.2) is 0 Å². The molecule has 4 nitrogen and oxygen atoms in total. The first-order valence-electron chi connectivity index (χ1n) is 7.79. The average Bonchev–Trinajstić information content (AvgIpc) is 3.01. The Bertz CT molecular complexity index is 1060. The van der Waals surface area contributed by atoms with Crippen LogP contribution < -0.4 is 15.8 Å². The van der Waals surface area contributed by atoms with E-state index in [1.54, 1.807) is 24.6 Å². The van der Waals surface area contributed by atoms with E-state index >= 15 is 0 Å². The fraction of sp³-hybridized carbons (Fsp3) is 0.105.